The Morgan fingerprint density at radius 2 is 1.37 bits per heavy atom. The Morgan fingerprint density at radius 1 is 0.778 bits per heavy atom. The molecule has 0 unspecified atom stereocenters. The minimum absolute atomic E-state index is 0.408. The Hall–Kier alpha value is -7.14. The number of urea groups is 1. The summed E-state index contributed by atoms with van der Waals surface area (Å²) in [7, 11) is 5.80. The lowest BCUT2D eigenvalue weighted by Crippen LogP contribution is -2.45. The lowest BCUT2D eigenvalue weighted by atomic mass is 9.96. The molecule has 0 aliphatic carbocycles. The zero-order chi connectivity index (χ0) is 44.5. The van der Waals surface area contributed by atoms with Crippen molar-refractivity contribution in [1.82, 2.24) is 48.7 Å². The third-order valence-corrected chi connectivity index (χ3v) is 11.5. The number of nitrogens with zero attached hydrogens (tertiary/aromatic N) is 12. The number of carbonyl (C=O) groups is 1. The van der Waals surface area contributed by atoms with Gasteiger partial charge in [0.1, 0.15) is 0 Å². The third-order valence-electron chi connectivity index (χ3n) is 11.5. The van der Waals surface area contributed by atoms with E-state index in [-0.39, 0.29) is 0 Å². The van der Waals surface area contributed by atoms with Gasteiger partial charge in [0.2, 0.25) is 0 Å². The molecule has 324 valence electrons. The summed E-state index contributed by atoms with van der Waals surface area (Å²) < 4.78 is 11.1. The van der Waals surface area contributed by atoms with E-state index in [1.54, 1.807) is 28.4 Å². The summed E-state index contributed by atoms with van der Waals surface area (Å²) in [6, 6.07) is 16.7. The topological polar surface area (TPSA) is 198 Å². The number of benzene rings is 2. The molecule has 3 N–H and O–H groups in total. The van der Waals surface area contributed by atoms with Crippen LogP contribution in [-0.2, 0) is 45.1 Å². The van der Waals surface area contributed by atoms with E-state index in [4.69, 9.17) is 31.0 Å². The van der Waals surface area contributed by atoms with E-state index in [0.29, 0.717) is 38.8 Å². The molecule has 1 aliphatic heterocycles. The molecule has 0 atom stereocenters. The highest BCUT2D eigenvalue weighted by Gasteiger charge is 2.18. The smallest absolute Gasteiger partial charge is 0.314 e. The number of anilines is 2. The number of fused-ring (bicyclic) bond motifs is 2. The Bertz CT molecular complexity index is 2800. The van der Waals surface area contributed by atoms with E-state index in [2.05, 4.69) is 81.6 Å². The van der Waals surface area contributed by atoms with Gasteiger partial charge in [-0.3, -0.25) is 9.58 Å². The van der Waals surface area contributed by atoms with Crippen LogP contribution in [0.3, 0.4) is 0 Å². The highest BCUT2D eigenvalue weighted by Crippen LogP contribution is 2.33. The number of carbonyl (C=O) groups excluding carboxylic acids is 1. The summed E-state index contributed by atoms with van der Waals surface area (Å²) in [6.07, 6.45) is 13.9. The van der Waals surface area contributed by atoms with Crippen LogP contribution in [0, 0.1) is 36.5 Å². The van der Waals surface area contributed by atoms with Gasteiger partial charge in [-0.1, -0.05) is 0 Å². The van der Waals surface area contributed by atoms with Crippen molar-refractivity contribution in [2.24, 2.45) is 26.9 Å². The zero-order valence-corrected chi connectivity index (χ0v) is 36.7. The molecule has 16 nitrogen and oxygen atoms in total. The van der Waals surface area contributed by atoms with Crippen LogP contribution in [0.2, 0.25) is 0 Å². The Morgan fingerprint density at radius 3 is 1.90 bits per heavy atom. The SMILES string of the molecule is Cc1cc2nc(-c3cncn3C)cc(CCN(CCN3CCOCC3)C(N)=O)c2cc1CCC#N.Cc1cc2nc(-c3cncn3C)cc(Nc3cnn(C)c3)c2cc1CCC#N. The molecule has 1 saturated heterocycles. The van der Waals surface area contributed by atoms with Crippen molar-refractivity contribution >= 4 is 39.2 Å². The molecule has 1 aliphatic rings. The van der Waals surface area contributed by atoms with Crippen LogP contribution < -0.4 is 11.1 Å². The minimum atomic E-state index is -0.408. The highest BCUT2D eigenvalue weighted by atomic mass is 16.5. The monoisotopic (exact) mass is 846 g/mol. The van der Waals surface area contributed by atoms with Gasteiger partial charge in [-0.2, -0.15) is 15.6 Å². The standard InChI is InChI=1S/C26H33N7O2.C21H21N7/c1-19-14-23-22(15-20(19)4-3-6-27)21(16-24(30-23)25-17-29-18-31(25)2)5-7-33(26(28)34)9-8-32-10-12-35-13-11-32;1-14-7-18-17(8-15(14)5-4-6-22)19(25-16-10-24-28(3)12-16)9-20(26-18)21-11-23-13-27(21)2/h14-18H,3-5,7-13H2,1-2H3,(H2,28,34);7-13H,4-5H2,1-3H3,(H,25,26). The van der Waals surface area contributed by atoms with Gasteiger partial charge in [0.25, 0.3) is 0 Å². The van der Waals surface area contributed by atoms with Crippen LogP contribution in [0.1, 0.15) is 40.7 Å². The number of aryl methyl sites for hydroxylation is 7. The molecule has 2 aromatic carbocycles. The molecule has 2 amide bonds. The largest absolute Gasteiger partial charge is 0.379 e. The highest BCUT2D eigenvalue weighted by molar-refractivity contribution is 5.96. The fourth-order valence-corrected chi connectivity index (χ4v) is 7.93. The van der Waals surface area contributed by atoms with Crippen molar-refractivity contribution in [3.8, 4) is 34.9 Å². The predicted octanol–water partition coefficient (Wildman–Crippen LogP) is 6.53. The van der Waals surface area contributed by atoms with Crippen molar-refractivity contribution in [2.45, 2.75) is 46.0 Å². The normalized spacial score (nSPS) is 12.7. The summed E-state index contributed by atoms with van der Waals surface area (Å²) in [5, 5.41) is 27.8. The van der Waals surface area contributed by atoms with Gasteiger partial charge in [0, 0.05) is 83.7 Å². The van der Waals surface area contributed by atoms with Crippen molar-refractivity contribution in [3.05, 3.63) is 102 Å². The first-order valence-corrected chi connectivity index (χ1v) is 21.2. The molecule has 16 heteroatoms. The second-order valence-electron chi connectivity index (χ2n) is 16.0. The molecule has 0 saturated carbocycles. The average molecular weight is 847 g/mol. The summed E-state index contributed by atoms with van der Waals surface area (Å²) >= 11 is 0. The molecule has 0 radical (unpaired) electrons. The van der Waals surface area contributed by atoms with Gasteiger partial charge >= 0.3 is 6.03 Å². The zero-order valence-electron chi connectivity index (χ0n) is 36.7. The van der Waals surface area contributed by atoms with Crippen LogP contribution in [-0.4, -0.2) is 101 Å². The number of pyridine rings is 2. The first kappa shape index (κ1) is 43.9. The summed E-state index contributed by atoms with van der Waals surface area (Å²) in [4.78, 5) is 34.5. The molecule has 0 bridgehead atoms. The van der Waals surface area contributed by atoms with E-state index in [1.807, 2.05) is 54.9 Å². The Balaban J connectivity index is 0.000000193. The van der Waals surface area contributed by atoms with Gasteiger partial charge in [-0.15, -0.1) is 0 Å². The maximum atomic E-state index is 12.2. The second-order valence-corrected chi connectivity index (χ2v) is 16.0. The third kappa shape index (κ3) is 10.7. The first-order chi connectivity index (χ1) is 30.5. The fourth-order valence-electron chi connectivity index (χ4n) is 7.93. The van der Waals surface area contributed by atoms with Gasteiger partial charge in [0.05, 0.1) is 102 Å². The van der Waals surface area contributed by atoms with Gasteiger partial charge < -0.3 is 29.8 Å². The summed E-state index contributed by atoms with van der Waals surface area (Å²) in [6.45, 7) is 9.21. The number of primary amides is 1. The maximum absolute atomic E-state index is 12.2. The number of rotatable bonds is 14. The Labute approximate surface area is 367 Å². The number of nitriles is 2. The number of nitrogens with two attached hydrogens (primary N) is 1. The second kappa shape index (κ2) is 20.2. The first-order valence-electron chi connectivity index (χ1n) is 21.2. The number of ether oxygens (including phenoxy) is 1. The molecule has 0 spiro atoms. The van der Waals surface area contributed by atoms with E-state index < -0.39 is 6.03 Å². The predicted molar refractivity (Wildman–Crippen MR) is 244 cm³/mol. The van der Waals surface area contributed by atoms with E-state index >= 15 is 0 Å². The van der Waals surface area contributed by atoms with Crippen LogP contribution in [0.25, 0.3) is 44.6 Å². The van der Waals surface area contributed by atoms with E-state index in [9.17, 15) is 4.79 Å². The Kier molecular flexibility index (Phi) is 14.1. The number of nitrogens with one attached hydrogen (secondary N) is 1. The molecule has 1 fully saturated rings. The summed E-state index contributed by atoms with van der Waals surface area (Å²) in [5.74, 6) is 0. The van der Waals surface area contributed by atoms with E-state index in [0.717, 1.165) is 117 Å². The van der Waals surface area contributed by atoms with Crippen LogP contribution in [0.4, 0.5) is 16.2 Å². The number of morpholine rings is 1. The lowest BCUT2D eigenvalue weighted by Gasteiger charge is -2.29. The molecule has 8 rings (SSSR count). The minimum Gasteiger partial charge on any atom is -0.379 e. The molecular weight excluding hydrogens is 793 g/mol. The van der Waals surface area contributed by atoms with Gasteiger partial charge in [-0.25, -0.2) is 24.7 Å². The number of hydrogen-bond acceptors (Lipinski definition) is 11. The molecular formula is C47H54N14O2. The summed E-state index contributed by atoms with van der Waals surface area (Å²) in [5.41, 5.74) is 18.7. The van der Waals surface area contributed by atoms with Crippen LogP contribution in [0.5, 0.6) is 0 Å². The van der Waals surface area contributed by atoms with Crippen molar-refractivity contribution in [3.63, 3.8) is 0 Å². The number of amides is 2. The van der Waals surface area contributed by atoms with E-state index in [1.165, 1.54) is 5.56 Å². The van der Waals surface area contributed by atoms with Crippen molar-refractivity contribution in [2.75, 3.05) is 51.3 Å². The molecule has 63 heavy (non-hydrogen) atoms. The fraction of sp³-hybridized carbons (Fsp3) is 0.362. The van der Waals surface area contributed by atoms with Gasteiger partial charge in [0.15, 0.2) is 0 Å². The number of aromatic nitrogens is 8. The quantitative estimate of drug-likeness (QED) is 0.121. The van der Waals surface area contributed by atoms with Crippen LogP contribution in [0.15, 0.2) is 73.8 Å². The molecule has 5 aromatic heterocycles. The molecule has 6 heterocycles. The number of imidazole rings is 2. The average Bonchev–Trinajstić information content (AvgIpc) is 4.03. The van der Waals surface area contributed by atoms with Crippen molar-refractivity contribution < 1.29 is 9.53 Å². The maximum Gasteiger partial charge on any atom is 0.314 e. The lowest BCUT2D eigenvalue weighted by molar-refractivity contribution is 0.0351. The van der Waals surface area contributed by atoms with Crippen LogP contribution >= 0.6 is 0 Å². The van der Waals surface area contributed by atoms with Crippen molar-refractivity contribution in [1.29, 1.82) is 10.5 Å². The number of hydrogen-bond donors (Lipinski definition) is 2. The van der Waals surface area contributed by atoms with Gasteiger partial charge in [-0.05, 0) is 97.3 Å². The molecule has 7 aromatic rings.